The van der Waals surface area contributed by atoms with E-state index in [1.54, 1.807) is 24.3 Å². The van der Waals surface area contributed by atoms with Crippen molar-refractivity contribution in [2.75, 3.05) is 0 Å². The van der Waals surface area contributed by atoms with Gasteiger partial charge in [-0.1, -0.05) is 29.8 Å². The highest BCUT2D eigenvalue weighted by molar-refractivity contribution is 7.89. The summed E-state index contributed by atoms with van der Waals surface area (Å²) < 4.78 is 34.1. The molecule has 1 aromatic carbocycles. The zero-order valence-electron chi connectivity index (χ0n) is 11.5. The standard InChI is InChI=1S/C14H15NO3S/c1-10-5-7-12(8-6-10)19(17,18)15-13-4-2-3-11(13)9-14(15)16/h2-3,5-8,11,13H,4,9H2,1H3/t11-,13-/m1/s1/i4D/t4?,11-,13-. The smallest absolute Gasteiger partial charge is 0.266 e. The molecule has 2 aliphatic rings. The maximum absolute atomic E-state index is 12.6. The molecule has 1 fully saturated rings. The second-order valence-electron chi connectivity index (χ2n) is 4.94. The van der Waals surface area contributed by atoms with E-state index in [4.69, 9.17) is 1.37 Å². The van der Waals surface area contributed by atoms with Crippen molar-refractivity contribution in [1.29, 1.82) is 0 Å². The lowest BCUT2D eigenvalue weighted by atomic mass is 10.1. The fourth-order valence-electron chi connectivity index (χ4n) is 2.59. The molecule has 100 valence electrons. The van der Waals surface area contributed by atoms with Gasteiger partial charge in [0.25, 0.3) is 10.0 Å². The number of hydrogen-bond acceptors (Lipinski definition) is 3. The van der Waals surface area contributed by atoms with E-state index in [0.29, 0.717) is 0 Å². The topological polar surface area (TPSA) is 54.5 Å². The molecule has 1 amide bonds. The van der Waals surface area contributed by atoms with E-state index in [9.17, 15) is 13.2 Å². The Morgan fingerprint density at radius 3 is 2.68 bits per heavy atom. The molecule has 0 bridgehead atoms. The Bertz CT molecular complexity index is 681. The first-order valence-electron chi connectivity index (χ1n) is 6.73. The Kier molecular flexibility index (Phi) is 2.48. The van der Waals surface area contributed by atoms with Crippen LogP contribution in [0.25, 0.3) is 0 Å². The minimum Gasteiger partial charge on any atom is -0.274 e. The normalized spacial score (nSPS) is 30.6. The molecule has 4 nitrogen and oxygen atoms in total. The summed E-state index contributed by atoms with van der Waals surface area (Å²) in [5.74, 6) is -0.576. The first kappa shape index (κ1) is 11.2. The van der Waals surface area contributed by atoms with Crippen LogP contribution in [0.15, 0.2) is 41.3 Å². The molecule has 1 unspecified atom stereocenters. The van der Waals surface area contributed by atoms with Gasteiger partial charge in [0.2, 0.25) is 5.91 Å². The Morgan fingerprint density at radius 2 is 2.00 bits per heavy atom. The average molecular weight is 278 g/mol. The van der Waals surface area contributed by atoms with E-state index in [1.165, 1.54) is 12.1 Å². The predicted octanol–water partition coefficient (Wildman–Crippen LogP) is 1.86. The quantitative estimate of drug-likeness (QED) is 0.776. The van der Waals surface area contributed by atoms with Crippen LogP contribution in [0.2, 0.25) is 0 Å². The molecule has 0 radical (unpaired) electrons. The summed E-state index contributed by atoms with van der Waals surface area (Å²) in [5.41, 5.74) is 0.954. The average Bonchev–Trinajstić information content (AvgIpc) is 2.89. The number of carbonyl (C=O) groups is 1. The van der Waals surface area contributed by atoms with Crippen molar-refractivity contribution < 1.29 is 14.6 Å². The molecule has 1 saturated heterocycles. The Morgan fingerprint density at radius 1 is 1.32 bits per heavy atom. The summed E-state index contributed by atoms with van der Waals surface area (Å²) >= 11 is 0. The number of nitrogens with zero attached hydrogens (tertiary/aromatic N) is 1. The molecule has 3 rings (SSSR count). The number of amides is 1. The predicted molar refractivity (Wildman–Crippen MR) is 70.9 cm³/mol. The minimum atomic E-state index is -3.87. The Hall–Kier alpha value is -1.62. The first-order chi connectivity index (χ1) is 9.41. The summed E-state index contributed by atoms with van der Waals surface area (Å²) in [5, 5.41) is 0. The van der Waals surface area contributed by atoms with Crippen LogP contribution < -0.4 is 0 Å². The maximum atomic E-state index is 12.6. The largest absolute Gasteiger partial charge is 0.274 e. The van der Waals surface area contributed by atoms with Crippen LogP contribution in [0.1, 0.15) is 19.8 Å². The van der Waals surface area contributed by atoms with Crippen molar-refractivity contribution in [3.8, 4) is 0 Å². The number of sulfonamides is 1. The molecule has 0 saturated carbocycles. The van der Waals surface area contributed by atoms with Gasteiger partial charge in [-0.15, -0.1) is 0 Å². The van der Waals surface area contributed by atoms with Gasteiger partial charge in [-0.05, 0) is 25.5 Å². The van der Waals surface area contributed by atoms with Gasteiger partial charge in [-0.25, -0.2) is 12.7 Å². The van der Waals surface area contributed by atoms with Crippen LogP contribution >= 0.6 is 0 Å². The number of hydrogen-bond donors (Lipinski definition) is 0. The number of aryl methyl sites for hydroxylation is 1. The second kappa shape index (κ2) is 4.20. The molecule has 1 heterocycles. The lowest BCUT2D eigenvalue weighted by molar-refractivity contribution is -0.124. The lowest BCUT2D eigenvalue weighted by Crippen LogP contribution is -2.38. The molecule has 1 aliphatic heterocycles. The molecule has 5 heteroatoms. The Balaban J connectivity index is 2.03. The number of rotatable bonds is 2. The van der Waals surface area contributed by atoms with Gasteiger partial charge in [-0.3, -0.25) is 4.79 Å². The molecule has 0 N–H and O–H groups in total. The van der Waals surface area contributed by atoms with Crippen LogP contribution in [-0.2, 0) is 14.8 Å². The van der Waals surface area contributed by atoms with Crippen molar-refractivity contribution in [3.63, 3.8) is 0 Å². The van der Waals surface area contributed by atoms with Crippen molar-refractivity contribution in [3.05, 3.63) is 42.0 Å². The maximum Gasteiger partial charge on any atom is 0.266 e. The highest BCUT2D eigenvalue weighted by atomic mass is 32.2. The Labute approximate surface area is 114 Å². The molecule has 3 atom stereocenters. The van der Waals surface area contributed by atoms with Gasteiger partial charge in [0.15, 0.2) is 0 Å². The van der Waals surface area contributed by atoms with E-state index in [1.807, 2.05) is 6.92 Å². The van der Waals surface area contributed by atoms with Gasteiger partial charge >= 0.3 is 0 Å². The second-order valence-corrected chi connectivity index (χ2v) is 6.76. The molecule has 1 aromatic rings. The molecule has 19 heavy (non-hydrogen) atoms. The van der Waals surface area contributed by atoms with E-state index in [0.717, 1.165) is 9.87 Å². The van der Waals surface area contributed by atoms with E-state index < -0.39 is 28.4 Å². The fourth-order valence-corrected chi connectivity index (χ4v) is 4.19. The highest BCUT2D eigenvalue weighted by Crippen LogP contribution is 2.37. The van der Waals surface area contributed by atoms with Crippen LogP contribution in [0.5, 0.6) is 0 Å². The van der Waals surface area contributed by atoms with Crippen molar-refractivity contribution in [1.82, 2.24) is 4.31 Å². The van der Waals surface area contributed by atoms with E-state index in [-0.39, 0.29) is 17.2 Å². The summed E-state index contributed by atoms with van der Waals surface area (Å²) in [4.78, 5) is 12.2. The zero-order chi connectivity index (χ0) is 14.5. The third-order valence-corrected chi connectivity index (χ3v) is 5.44. The van der Waals surface area contributed by atoms with Crippen LogP contribution in [0.4, 0.5) is 0 Å². The van der Waals surface area contributed by atoms with Crippen LogP contribution in [-0.4, -0.2) is 24.7 Å². The van der Waals surface area contributed by atoms with E-state index >= 15 is 0 Å². The van der Waals surface area contributed by atoms with Gasteiger partial charge in [-0.2, -0.15) is 0 Å². The lowest BCUT2D eigenvalue weighted by Gasteiger charge is -2.23. The number of carbonyl (C=O) groups excluding carboxylic acids is 1. The van der Waals surface area contributed by atoms with Crippen molar-refractivity contribution in [2.24, 2.45) is 5.92 Å². The third-order valence-electron chi connectivity index (χ3n) is 3.61. The number of benzene rings is 1. The van der Waals surface area contributed by atoms with Crippen LogP contribution in [0, 0.1) is 12.8 Å². The molecular formula is C14H15NO3S. The summed E-state index contributed by atoms with van der Waals surface area (Å²) in [6.45, 7) is 1.87. The molecule has 0 aromatic heterocycles. The minimum absolute atomic E-state index is 0.108. The SMILES string of the molecule is [2H]C1C=C[C@@H]2CC(=O)N(S(=O)(=O)c3ccc(C)cc3)[C@H]12. The van der Waals surface area contributed by atoms with Gasteiger partial charge in [0, 0.05) is 13.7 Å². The van der Waals surface area contributed by atoms with Crippen molar-refractivity contribution >= 4 is 15.9 Å². The van der Waals surface area contributed by atoms with Gasteiger partial charge in [0.1, 0.15) is 0 Å². The summed E-state index contributed by atoms with van der Waals surface area (Å²) in [6.07, 6.45) is 2.94. The fraction of sp³-hybridized carbons (Fsp3) is 0.357. The van der Waals surface area contributed by atoms with E-state index in [2.05, 4.69) is 0 Å². The molecule has 1 aliphatic carbocycles. The third kappa shape index (κ3) is 1.89. The first-order valence-corrected chi connectivity index (χ1v) is 7.60. The highest BCUT2D eigenvalue weighted by Gasteiger charge is 2.46. The monoisotopic (exact) mass is 278 g/mol. The zero-order valence-corrected chi connectivity index (χ0v) is 11.3. The summed E-state index contributed by atoms with van der Waals surface area (Å²) in [6, 6.07) is 5.83. The molecule has 0 spiro atoms. The van der Waals surface area contributed by atoms with Gasteiger partial charge < -0.3 is 0 Å². The summed E-state index contributed by atoms with van der Waals surface area (Å²) in [7, 11) is -3.87. The van der Waals surface area contributed by atoms with Gasteiger partial charge in [0.05, 0.1) is 10.9 Å². The van der Waals surface area contributed by atoms with Crippen molar-refractivity contribution in [2.45, 2.75) is 30.7 Å². The molecular weight excluding hydrogens is 262 g/mol. The van der Waals surface area contributed by atoms with Crippen LogP contribution in [0.3, 0.4) is 0 Å². The number of fused-ring (bicyclic) bond motifs is 1.